The third-order valence-corrected chi connectivity index (χ3v) is 3.60. The molecule has 1 aromatic carbocycles. The molecule has 1 unspecified atom stereocenters. The van der Waals surface area contributed by atoms with E-state index < -0.39 is 0 Å². The summed E-state index contributed by atoms with van der Waals surface area (Å²) in [5.74, 6) is 2.17. The molecule has 1 atom stereocenters. The molecule has 1 aliphatic heterocycles. The van der Waals surface area contributed by atoms with Crippen LogP contribution in [0.5, 0.6) is 0 Å². The Morgan fingerprint density at radius 3 is 3.00 bits per heavy atom. The Balaban J connectivity index is 1.97. The molecule has 1 aliphatic rings. The van der Waals surface area contributed by atoms with Crippen molar-refractivity contribution in [3.8, 4) is 11.4 Å². The zero-order chi connectivity index (χ0) is 12.5. The zero-order valence-electron chi connectivity index (χ0n) is 10.5. The maximum absolute atomic E-state index is 9.22. The van der Waals surface area contributed by atoms with Gasteiger partial charge in [-0.1, -0.05) is 24.3 Å². The molecule has 2 aromatic rings. The van der Waals surface area contributed by atoms with Crippen molar-refractivity contribution in [2.24, 2.45) is 5.92 Å². The van der Waals surface area contributed by atoms with Crippen LogP contribution in [0.2, 0.25) is 0 Å². The van der Waals surface area contributed by atoms with Crippen LogP contribution < -0.4 is 0 Å². The number of hydrogen-bond donors (Lipinski definition) is 1. The Hall–Kier alpha value is -1.68. The molecule has 0 amide bonds. The second-order valence-electron chi connectivity index (χ2n) is 4.94. The Labute approximate surface area is 106 Å². The molecule has 0 saturated carbocycles. The van der Waals surface area contributed by atoms with Crippen LogP contribution in [0, 0.1) is 12.8 Å². The number of rotatable bonds is 2. The van der Waals surface area contributed by atoms with Gasteiger partial charge in [-0.05, 0) is 18.9 Å². The van der Waals surface area contributed by atoms with Crippen LogP contribution in [0.15, 0.2) is 24.3 Å². The van der Waals surface area contributed by atoms with E-state index in [1.165, 1.54) is 5.56 Å². The van der Waals surface area contributed by atoms with E-state index in [1.54, 1.807) is 0 Å². The first-order chi connectivity index (χ1) is 8.78. The fourth-order valence-corrected chi connectivity index (χ4v) is 2.46. The smallest absolute Gasteiger partial charge is 0.181 e. The Bertz CT molecular complexity index is 562. The average molecular weight is 243 g/mol. The van der Waals surface area contributed by atoms with Crippen molar-refractivity contribution < 1.29 is 5.11 Å². The minimum Gasteiger partial charge on any atom is -0.396 e. The van der Waals surface area contributed by atoms with Gasteiger partial charge in [0.15, 0.2) is 5.82 Å². The molecule has 18 heavy (non-hydrogen) atoms. The van der Waals surface area contributed by atoms with Gasteiger partial charge in [-0.25, -0.2) is 9.67 Å². The van der Waals surface area contributed by atoms with Gasteiger partial charge in [0.05, 0.1) is 0 Å². The first-order valence-electron chi connectivity index (χ1n) is 6.38. The molecule has 1 N–H and O–H groups in total. The Morgan fingerprint density at radius 1 is 1.39 bits per heavy atom. The lowest BCUT2D eigenvalue weighted by molar-refractivity contribution is 0.185. The maximum Gasteiger partial charge on any atom is 0.181 e. The molecule has 0 spiro atoms. The predicted molar refractivity (Wildman–Crippen MR) is 69.1 cm³/mol. The molecule has 0 radical (unpaired) electrons. The van der Waals surface area contributed by atoms with E-state index >= 15 is 0 Å². The summed E-state index contributed by atoms with van der Waals surface area (Å²) in [6.45, 7) is 3.09. The quantitative estimate of drug-likeness (QED) is 0.875. The molecule has 0 fully saturated rings. The van der Waals surface area contributed by atoms with E-state index in [9.17, 15) is 5.11 Å². The van der Waals surface area contributed by atoms with Gasteiger partial charge in [-0.15, -0.1) is 0 Å². The highest BCUT2D eigenvalue weighted by Gasteiger charge is 2.21. The van der Waals surface area contributed by atoms with Gasteiger partial charge in [-0.3, -0.25) is 0 Å². The van der Waals surface area contributed by atoms with Gasteiger partial charge in [0.25, 0.3) is 0 Å². The molecule has 1 aromatic heterocycles. The third kappa shape index (κ3) is 1.93. The largest absolute Gasteiger partial charge is 0.396 e. The van der Waals surface area contributed by atoms with Gasteiger partial charge in [-0.2, -0.15) is 5.10 Å². The minimum absolute atomic E-state index is 0.235. The van der Waals surface area contributed by atoms with Gasteiger partial charge in [0.2, 0.25) is 0 Å². The second-order valence-corrected chi connectivity index (χ2v) is 4.94. The predicted octanol–water partition coefficient (Wildman–Crippen LogP) is 1.81. The SMILES string of the molecule is Cc1ccccc1-c1nc2n(n1)CC(CO)CC2. The van der Waals surface area contributed by atoms with Gasteiger partial charge < -0.3 is 5.11 Å². The van der Waals surface area contributed by atoms with Crippen molar-refractivity contribution in [3.63, 3.8) is 0 Å². The number of aromatic nitrogens is 3. The van der Waals surface area contributed by atoms with Crippen molar-refractivity contribution in [2.75, 3.05) is 6.61 Å². The molecule has 94 valence electrons. The molecular formula is C14H17N3O. The van der Waals surface area contributed by atoms with E-state index in [0.717, 1.165) is 36.6 Å². The number of aryl methyl sites for hydroxylation is 2. The number of hydrogen-bond acceptors (Lipinski definition) is 3. The molecule has 2 heterocycles. The third-order valence-electron chi connectivity index (χ3n) is 3.60. The highest BCUT2D eigenvalue weighted by atomic mass is 16.3. The van der Waals surface area contributed by atoms with Crippen LogP contribution >= 0.6 is 0 Å². The van der Waals surface area contributed by atoms with Crippen LogP contribution in [0.4, 0.5) is 0 Å². The van der Waals surface area contributed by atoms with E-state index in [4.69, 9.17) is 0 Å². The summed E-state index contributed by atoms with van der Waals surface area (Å²) < 4.78 is 1.95. The van der Waals surface area contributed by atoms with Crippen molar-refractivity contribution >= 4 is 0 Å². The fraction of sp³-hybridized carbons (Fsp3) is 0.429. The van der Waals surface area contributed by atoms with Crippen LogP contribution in [-0.4, -0.2) is 26.5 Å². The highest BCUT2D eigenvalue weighted by Crippen LogP contribution is 2.24. The van der Waals surface area contributed by atoms with E-state index in [1.807, 2.05) is 16.8 Å². The molecule has 0 saturated heterocycles. The molecule has 0 aliphatic carbocycles. The summed E-state index contributed by atoms with van der Waals surface area (Å²) in [5, 5.41) is 13.8. The topological polar surface area (TPSA) is 50.9 Å². The van der Waals surface area contributed by atoms with E-state index in [-0.39, 0.29) is 6.61 Å². The monoisotopic (exact) mass is 243 g/mol. The van der Waals surface area contributed by atoms with Gasteiger partial charge in [0, 0.05) is 31.1 Å². The number of nitrogens with zero attached hydrogens (tertiary/aromatic N) is 3. The minimum atomic E-state index is 0.235. The van der Waals surface area contributed by atoms with Crippen molar-refractivity contribution in [3.05, 3.63) is 35.7 Å². The summed E-state index contributed by atoms with van der Waals surface area (Å²) in [4.78, 5) is 4.62. The molecule has 4 nitrogen and oxygen atoms in total. The average Bonchev–Trinajstić information content (AvgIpc) is 2.81. The number of aliphatic hydroxyl groups excluding tert-OH is 1. The summed E-state index contributed by atoms with van der Waals surface area (Å²) in [6, 6.07) is 8.17. The van der Waals surface area contributed by atoms with Crippen molar-refractivity contribution in [1.29, 1.82) is 0 Å². The number of aliphatic hydroxyl groups is 1. The molecule has 0 bridgehead atoms. The Morgan fingerprint density at radius 2 is 2.22 bits per heavy atom. The molecule has 3 rings (SSSR count). The van der Waals surface area contributed by atoms with Gasteiger partial charge >= 0.3 is 0 Å². The first kappa shape index (κ1) is 11.4. The van der Waals surface area contributed by atoms with Gasteiger partial charge in [0.1, 0.15) is 5.82 Å². The number of fused-ring (bicyclic) bond motifs is 1. The molecule has 4 heteroatoms. The summed E-state index contributed by atoms with van der Waals surface area (Å²) >= 11 is 0. The lowest BCUT2D eigenvalue weighted by atomic mass is 10.0. The standard InChI is InChI=1S/C14H17N3O/c1-10-4-2-3-5-12(10)14-15-13-7-6-11(9-18)8-17(13)16-14/h2-5,11,18H,6-9H2,1H3. The lowest BCUT2D eigenvalue weighted by Crippen LogP contribution is -2.23. The van der Waals surface area contributed by atoms with Crippen LogP contribution in [-0.2, 0) is 13.0 Å². The number of benzene rings is 1. The van der Waals surface area contributed by atoms with E-state index in [2.05, 4.69) is 29.1 Å². The van der Waals surface area contributed by atoms with Crippen LogP contribution in [0.3, 0.4) is 0 Å². The van der Waals surface area contributed by atoms with Crippen LogP contribution in [0.1, 0.15) is 17.8 Å². The van der Waals surface area contributed by atoms with Crippen molar-refractivity contribution in [2.45, 2.75) is 26.3 Å². The lowest BCUT2D eigenvalue weighted by Gasteiger charge is -2.19. The Kier molecular flexibility index (Phi) is 2.88. The molecular weight excluding hydrogens is 226 g/mol. The summed E-state index contributed by atoms with van der Waals surface area (Å²) in [5.41, 5.74) is 2.29. The highest BCUT2D eigenvalue weighted by molar-refractivity contribution is 5.59. The summed E-state index contributed by atoms with van der Waals surface area (Å²) in [7, 11) is 0. The zero-order valence-corrected chi connectivity index (χ0v) is 10.5. The summed E-state index contributed by atoms with van der Waals surface area (Å²) in [6.07, 6.45) is 1.91. The van der Waals surface area contributed by atoms with E-state index in [0.29, 0.717) is 5.92 Å². The normalized spacial score (nSPS) is 18.7. The fourth-order valence-electron chi connectivity index (χ4n) is 2.46. The second kappa shape index (κ2) is 4.53. The maximum atomic E-state index is 9.22. The van der Waals surface area contributed by atoms with Crippen LogP contribution in [0.25, 0.3) is 11.4 Å². The van der Waals surface area contributed by atoms with Crippen molar-refractivity contribution in [1.82, 2.24) is 14.8 Å². The first-order valence-corrected chi connectivity index (χ1v) is 6.38.